The highest BCUT2D eigenvalue weighted by atomic mass is 79.9. The molecule has 4 heteroatoms. The summed E-state index contributed by atoms with van der Waals surface area (Å²) in [5.74, 6) is 0. The van der Waals surface area contributed by atoms with Gasteiger partial charge in [0, 0.05) is 6.20 Å². The predicted octanol–water partition coefficient (Wildman–Crippen LogP) is 2.11. The molecule has 0 saturated carbocycles. The van der Waals surface area contributed by atoms with Gasteiger partial charge in [0.25, 0.3) is 0 Å². The summed E-state index contributed by atoms with van der Waals surface area (Å²) in [6, 6.07) is 3.58. The average molecular weight is 201 g/mol. The van der Waals surface area contributed by atoms with Crippen molar-refractivity contribution >= 4 is 15.9 Å². The lowest BCUT2D eigenvalue weighted by atomic mass is 10.3. The molecule has 0 atom stereocenters. The van der Waals surface area contributed by atoms with E-state index < -0.39 is 0 Å². The Morgan fingerprint density at radius 3 is 2.90 bits per heavy atom. The third-order valence-electron chi connectivity index (χ3n) is 1.04. The smallest absolute Gasteiger partial charge is 0.108 e. The minimum Gasteiger partial charge on any atom is -0.249 e. The number of aromatic nitrogens is 1. The van der Waals surface area contributed by atoms with Gasteiger partial charge >= 0.3 is 0 Å². The lowest BCUT2D eigenvalue weighted by Crippen LogP contribution is -1.81. The zero-order valence-corrected chi connectivity index (χ0v) is 6.71. The first-order valence-corrected chi connectivity index (χ1v) is 3.52. The fourth-order valence-corrected chi connectivity index (χ4v) is 0.809. The van der Waals surface area contributed by atoms with Crippen molar-refractivity contribution < 1.29 is 0 Å². The summed E-state index contributed by atoms with van der Waals surface area (Å²) in [7, 11) is 0. The monoisotopic (exact) mass is 200 g/mol. The van der Waals surface area contributed by atoms with E-state index in [9.17, 15) is 4.91 Å². The largest absolute Gasteiger partial charge is 0.249 e. The first-order valence-electron chi connectivity index (χ1n) is 2.72. The maximum atomic E-state index is 9.77. The van der Waals surface area contributed by atoms with Crippen LogP contribution in [0, 0.1) is 4.91 Å². The van der Waals surface area contributed by atoms with E-state index in [1.807, 2.05) is 0 Å². The van der Waals surface area contributed by atoms with Gasteiger partial charge in [-0.1, -0.05) is 11.2 Å². The number of nitrogens with zero attached hydrogens (tertiary/aromatic N) is 2. The van der Waals surface area contributed by atoms with Crippen LogP contribution in [0.3, 0.4) is 0 Å². The van der Waals surface area contributed by atoms with Crippen LogP contribution >= 0.6 is 15.9 Å². The molecule has 0 aliphatic rings. The Hall–Kier alpha value is -0.770. The van der Waals surface area contributed by atoms with Gasteiger partial charge in [0.15, 0.2) is 0 Å². The molecular formula is C6H5BrN2O. The molecule has 1 rings (SSSR count). The third-order valence-corrected chi connectivity index (χ3v) is 1.50. The molecule has 3 nitrogen and oxygen atoms in total. The van der Waals surface area contributed by atoms with Crippen LogP contribution in [0.25, 0.3) is 0 Å². The Morgan fingerprint density at radius 1 is 1.60 bits per heavy atom. The van der Waals surface area contributed by atoms with Crippen LogP contribution in [-0.4, -0.2) is 4.98 Å². The molecule has 0 aromatic carbocycles. The number of nitroso groups, excluding NO2 is 1. The quantitative estimate of drug-likeness (QED) is 0.543. The molecule has 0 aliphatic carbocycles. The normalized spacial score (nSPS) is 9.30. The van der Waals surface area contributed by atoms with Crippen LogP contribution < -0.4 is 0 Å². The summed E-state index contributed by atoms with van der Waals surface area (Å²) >= 11 is 3.18. The van der Waals surface area contributed by atoms with E-state index in [2.05, 4.69) is 26.1 Å². The molecule has 1 heterocycles. The van der Waals surface area contributed by atoms with Crippen molar-refractivity contribution in [1.29, 1.82) is 0 Å². The molecule has 0 radical (unpaired) electrons. The molecule has 0 unspecified atom stereocenters. The van der Waals surface area contributed by atoms with E-state index in [4.69, 9.17) is 0 Å². The topological polar surface area (TPSA) is 42.3 Å². The Balaban J connectivity index is 2.78. The summed E-state index contributed by atoms with van der Waals surface area (Å²) in [5, 5.41) is 2.73. The van der Waals surface area contributed by atoms with Crippen LogP contribution in [0.4, 0.5) is 0 Å². The van der Waals surface area contributed by atoms with Crippen molar-refractivity contribution in [3.63, 3.8) is 0 Å². The van der Waals surface area contributed by atoms with Crippen LogP contribution in [0.5, 0.6) is 0 Å². The van der Waals surface area contributed by atoms with Gasteiger partial charge < -0.3 is 0 Å². The van der Waals surface area contributed by atoms with Gasteiger partial charge in [-0.25, -0.2) is 4.98 Å². The minimum atomic E-state index is 0.195. The van der Waals surface area contributed by atoms with Crippen molar-refractivity contribution in [2.45, 2.75) is 6.54 Å². The number of hydrogen-bond acceptors (Lipinski definition) is 3. The van der Waals surface area contributed by atoms with E-state index in [0.717, 1.165) is 10.2 Å². The second kappa shape index (κ2) is 3.41. The summed E-state index contributed by atoms with van der Waals surface area (Å²) < 4.78 is 0.766. The number of rotatable bonds is 2. The third kappa shape index (κ3) is 1.88. The summed E-state index contributed by atoms with van der Waals surface area (Å²) in [4.78, 5) is 13.7. The average Bonchev–Trinajstić information content (AvgIpc) is 1.95. The van der Waals surface area contributed by atoms with Gasteiger partial charge in [0.1, 0.15) is 11.1 Å². The molecule has 0 bridgehead atoms. The maximum absolute atomic E-state index is 9.77. The minimum absolute atomic E-state index is 0.195. The second-order valence-corrected chi connectivity index (χ2v) is 2.59. The molecule has 0 N–H and O–H groups in total. The number of pyridine rings is 1. The molecule has 52 valence electrons. The fourth-order valence-electron chi connectivity index (χ4n) is 0.575. The first-order chi connectivity index (χ1) is 4.83. The highest BCUT2D eigenvalue weighted by Crippen LogP contribution is 2.06. The highest BCUT2D eigenvalue weighted by Gasteiger charge is 1.91. The predicted molar refractivity (Wildman–Crippen MR) is 41.4 cm³/mol. The summed E-state index contributed by atoms with van der Waals surface area (Å²) in [6.45, 7) is 0.195. The Morgan fingerprint density at radius 2 is 2.40 bits per heavy atom. The van der Waals surface area contributed by atoms with E-state index in [0.29, 0.717) is 0 Å². The zero-order chi connectivity index (χ0) is 7.40. The zero-order valence-electron chi connectivity index (χ0n) is 5.12. The van der Waals surface area contributed by atoms with Gasteiger partial charge in [0.2, 0.25) is 0 Å². The van der Waals surface area contributed by atoms with E-state index in [-0.39, 0.29) is 6.54 Å². The Kier molecular flexibility index (Phi) is 2.50. The molecule has 0 aliphatic heterocycles. The van der Waals surface area contributed by atoms with Gasteiger partial charge in [-0.15, -0.1) is 0 Å². The number of halogens is 1. The van der Waals surface area contributed by atoms with Crippen molar-refractivity contribution in [3.8, 4) is 0 Å². The van der Waals surface area contributed by atoms with Crippen LogP contribution in [0.2, 0.25) is 0 Å². The summed E-state index contributed by atoms with van der Waals surface area (Å²) in [6.07, 6.45) is 1.62. The first kappa shape index (κ1) is 7.34. The molecule has 10 heavy (non-hydrogen) atoms. The molecule has 1 aromatic rings. The van der Waals surface area contributed by atoms with Crippen LogP contribution in [0.15, 0.2) is 28.1 Å². The van der Waals surface area contributed by atoms with E-state index >= 15 is 0 Å². The highest BCUT2D eigenvalue weighted by molar-refractivity contribution is 9.10. The molecule has 0 fully saturated rings. The molecular weight excluding hydrogens is 196 g/mol. The van der Waals surface area contributed by atoms with Crippen LogP contribution in [-0.2, 0) is 6.54 Å². The lowest BCUT2D eigenvalue weighted by Gasteiger charge is -1.91. The molecule has 0 saturated heterocycles. The Labute approximate surface area is 66.6 Å². The maximum Gasteiger partial charge on any atom is 0.108 e. The van der Waals surface area contributed by atoms with Crippen molar-refractivity contribution in [1.82, 2.24) is 4.98 Å². The second-order valence-electron chi connectivity index (χ2n) is 1.78. The van der Waals surface area contributed by atoms with Crippen molar-refractivity contribution in [3.05, 3.63) is 33.4 Å². The van der Waals surface area contributed by atoms with Gasteiger partial charge in [-0.05, 0) is 27.6 Å². The van der Waals surface area contributed by atoms with Gasteiger partial charge in [0.05, 0.1) is 0 Å². The SMILES string of the molecule is O=NCc1ccc(Br)nc1. The molecule has 1 aromatic heterocycles. The molecule has 0 amide bonds. The van der Waals surface area contributed by atoms with Gasteiger partial charge in [-0.3, -0.25) is 0 Å². The Bertz CT molecular complexity index is 222. The van der Waals surface area contributed by atoms with Crippen LogP contribution in [0.1, 0.15) is 5.56 Å². The fraction of sp³-hybridized carbons (Fsp3) is 0.167. The van der Waals surface area contributed by atoms with Gasteiger partial charge in [-0.2, -0.15) is 4.91 Å². The standard InChI is InChI=1S/C6H5BrN2O/c7-6-2-1-5(3-8-6)4-9-10/h1-3H,4H2. The van der Waals surface area contributed by atoms with E-state index in [1.165, 1.54) is 0 Å². The lowest BCUT2D eigenvalue weighted by molar-refractivity contribution is 1.03. The number of hydrogen-bond donors (Lipinski definition) is 0. The van der Waals surface area contributed by atoms with E-state index in [1.54, 1.807) is 18.3 Å². The molecule has 0 spiro atoms. The van der Waals surface area contributed by atoms with Crippen molar-refractivity contribution in [2.75, 3.05) is 0 Å². The summed E-state index contributed by atoms with van der Waals surface area (Å²) in [5.41, 5.74) is 0.832. The van der Waals surface area contributed by atoms with Crippen molar-refractivity contribution in [2.24, 2.45) is 5.18 Å².